The Balaban J connectivity index is 1.79. The topological polar surface area (TPSA) is 73.7 Å². The number of aliphatic hydroxyl groups excluding tert-OH is 1. The Hall–Kier alpha value is -3.64. The van der Waals surface area contributed by atoms with Gasteiger partial charge in [-0.05, 0) is 36.8 Å². The number of aryl methyl sites for hydroxylation is 1. The number of fused-ring (bicyclic) bond motifs is 1. The Morgan fingerprint density at radius 3 is 2.30 bits per heavy atom. The third-order valence-corrected chi connectivity index (χ3v) is 4.83. The first kappa shape index (κ1) is 19.7. The molecular formula is C24H22N2O4. The van der Waals surface area contributed by atoms with Crippen LogP contribution in [0.25, 0.3) is 10.9 Å². The predicted molar refractivity (Wildman–Crippen MR) is 114 cm³/mol. The number of methoxy groups -OCH3 is 2. The number of hydrogen-bond donors (Lipinski definition) is 1. The van der Waals surface area contributed by atoms with Gasteiger partial charge < -0.3 is 19.3 Å². The molecular weight excluding hydrogens is 380 g/mol. The molecule has 30 heavy (non-hydrogen) atoms. The van der Waals surface area contributed by atoms with Crippen molar-refractivity contribution in [2.45, 2.75) is 13.0 Å². The van der Waals surface area contributed by atoms with Gasteiger partial charge >= 0.3 is 0 Å². The van der Waals surface area contributed by atoms with Gasteiger partial charge in [0.05, 0.1) is 19.7 Å². The van der Waals surface area contributed by atoms with Crippen LogP contribution in [0.4, 0.5) is 0 Å². The number of pyridine rings is 2. The summed E-state index contributed by atoms with van der Waals surface area (Å²) in [5.74, 6) is 2.22. The number of aromatic nitrogens is 2. The molecule has 2 heterocycles. The fourth-order valence-electron chi connectivity index (χ4n) is 3.29. The molecule has 6 nitrogen and oxygen atoms in total. The highest BCUT2D eigenvalue weighted by atomic mass is 16.5. The number of aliphatic hydroxyl groups is 1. The minimum Gasteiger partial charge on any atom is -0.493 e. The number of rotatable bonds is 6. The molecule has 0 fully saturated rings. The van der Waals surface area contributed by atoms with Gasteiger partial charge in [0.25, 0.3) is 0 Å². The average Bonchev–Trinajstić information content (AvgIpc) is 2.79. The smallest absolute Gasteiger partial charge is 0.162 e. The van der Waals surface area contributed by atoms with Crippen LogP contribution in [0.1, 0.15) is 23.1 Å². The molecule has 0 bridgehead atoms. The van der Waals surface area contributed by atoms with Gasteiger partial charge in [-0.15, -0.1) is 0 Å². The van der Waals surface area contributed by atoms with E-state index < -0.39 is 6.10 Å². The Morgan fingerprint density at radius 1 is 0.833 bits per heavy atom. The molecule has 0 spiro atoms. The molecule has 0 saturated carbocycles. The lowest BCUT2D eigenvalue weighted by Crippen LogP contribution is -2.06. The van der Waals surface area contributed by atoms with Crippen LogP contribution in [0.5, 0.6) is 23.0 Å². The van der Waals surface area contributed by atoms with Crippen LogP contribution in [-0.4, -0.2) is 29.3 Å². The van der Waals surface area contributed by atoms with E-state index in [1.807, 2.05) is 55.5 Å². The summed E-state index contributed by atoms with van der Waals surface area (Å²) in [6.45, 7) is 1.88. The normalized spacial score (nSPS) is 11.9. The second kappa shape index (κ2) is 8.39. The van der Waals surface area contributed by atoms with E-state index in [0.717, 1.165) is 16.6 Å². The fourth-order valence-corrected chi connectivity index (χ4v) is 3.29. The van der Waals surface area contributed by atoms with E-state index in [4.69, 9.17) is 14.2 Å². The standard InChI is InChI=1S/C24H22N2O4/c1-15-9-10-20(23(26-15)24(27)16-7-5-4-6-8-16)30-19-11-12-25-18-14-22(29-3)21(28-2)13-17(18)19/h4-14,24,27H,1-3H3. The molecule has 152 valence electrons. The molecule has 4 rings (SSSR count). The number of benzene rings is 2. The van der Waals surface area contributed by atoms with E-state index in [0.29, 0.717) is 34.2 Å². The summed E-state index contributed by atoms with van der Waals surface area (Å²) in [4.78, 5) is 8.96. The van der Waals surface area contributed by atoms with Crippen LogP contribution in [0.3, 0.4) is 0 Å². The number of nitrogens with zero attached hydrogens (tertiary/aromatic N) is 2. The van der Waals surface area contributed by atoms with Gasteiger partial charge in [0.1, 0.15) is 17.5 Å². The second-order valence-electron chi connectivity index (χ2n) is 6.78. The summed E-state index contributed by atoms with van der Waals surface area (Å²) in [7, 11) is 3.16. The molecule has 2 aromatic heterocycles. The first-order valence-corrected chi connectivity index (χ1v) is 9.50. The lowest BCUT2D eigenvalue weighted by atomic mass is 10.1. The first-order chi connectivity index (χ1) is 14.6. The Morgan fingerprint density at radius 2 is 1.57 bits per heavy atom. The third-order valence-electron chi connectivity index (χ3n) is 4.83. The van der Waals surface area contributed by atoms with Gasteiger partial charge in [-0.3, -0.25) is 9.97 Å². The summed E-state index contributed by atoms with van der Waals surface area (Å²) in [6, 6.07) is 18.4. The summed E-state index contributed by atoms with van der Waals surface area (Å²) >= 11 is 0. The lowest BCUT2D eigenvalue weighted by molar-refractivity contribution is 0.211. The number of ether oxygens (including phenoxy) is 3. The minimum absolute atomic E-state index is 0.451. The van der Waals surface area contributed by atoms with Crippen molar-refractivity contribution in [3.05, 3.63) is 83.8 Å². The fraction of sp³-hybridized carbons (Fsp3) is 0.167. The molecule has 2 aromatic carbocycles. The highest BCUT2D eigenvalue weighted by Crippen LogP contribution is 2.38. The summed E-state index contributed by atoms with van der Waals surface area (Å²) in [5, 5.41) is 11.7. The van der Waals surface area contributed by atoms with Crippen molar-refractivity contribution in [3.8, 4) is 23.0 Å². The quantitative estimate of drug-likeness (QED) is 0.498. The van der Waals surface area contributed by atoms with Gasteiger partial charge in [0.15, 0.2) is 17.2 Å². The average molecular weight is 402 g/mol. The highest BCUT2D eigenvalue weighted by Gasteiger charge is 2.19. The molecule has 4 aromatic rings. The maximum absolute atomic E-state index is 10.9. The second-order valence-corrected chi connectivity index (χ2v) is 6.78. The lowest BCUT2D eigenvalue weighted by Gasteiger charge is -2.17. The summed E-state index contributed by atoms with van der Waals surface area (Å²) in [5.41, 5.74) is 2.69. The van der Waals surface area contributed by atoms with E-state index in [2.05, 4.69) is 9.97 Å². The zero-order valence-electron chi connectivity index (χ0n) is 17.0. The van der Waals surface area contributed by atoms with E-state index >= 15 is 0 Å². The highest BCUT2D eigenvalue weighted by molar-refractivity contribution is 5.88. The largest absolute Gasteiger partial charge is 0.493 e. The molecule has 0 radical (unpaired) electrons. The van der Waals surface area contributed by atoms with Crippen LogP contribution in [0, 0.1) is 6.92 Å². The molecule has 0 amide bonds. The van der Waals surface area contributed by atoms with Crippen molar-refractivity contribution in [1.82, 2.24) is 9.97 Å². The molecule has 1 atom stereocenters. The SMILES string of the molecule is COc1cc2nccc(Oc3ccc(C)nc3C(O)c3ccccc3)c2cc1OC. The molecule has 1 unspecified atom stereocenters. The molecule has 6 heteroatoms. The maximum Gasteiger partial charge on any atom is 0.162 e. The Labute approximate surface area is 174 Å². The Kier molecular flexibility index (Phi) is 5.50. The van der Waals surface area contributed by atoms with Crippen molar-refractivity contribution in [2.75, 3.05) is 14.2 Å². The zero-order valence-corrected chi connectivity index (χ0v) is 17.0. The van der Waals surface area contributed by atoms with Gasteiger partial charge in [0, 0.05) is 23.3 Å². The summed E-state index contributed by atoms with van der Waals surface area (Å²) < 4.78 is 17.0. The van der Waals surface area contributed by atoms with Crippen LogP contribution >= 0.6 is 0 Å². The maximum atomic E-state index is 10.9. The minimum atomic E-state index is -0.913. The predicted octanol–water partition coefficient (Wildman–Crippen LogP) is 4.83. The molecule has 0 aliphatic heterocycles. The van der Waals surface area contributed by atoms with Gasteiger partial charge in [-0.25, -0.2) is 0 Å². The van der Waals surface area contributed by atoms with Crippen LogP contribution < -0.4 is 14.2 Å². The zero-order chi connectivity index (χ0) is 21.1. The van der Waals surface area contributed by atoms with Crippen molar-refractivity contribution in [1.29, 1.82) is 0 Å². The molecule has 1 N–H and O–H groups in total. The molecule has 0 aliphatic carbocycles. The van der Waals surface area contributed by atoms with E-state index in [-0.39, 0.29) is 0 Å². The van der Waals surface area contributed by atoms with Crippen molar-refractivity contribution in [3.63, 3.8) is 0 Å². The van der Waals surface area contributed by atoms with E-state index in [1.165, 1.54) is 0 Å². The van der Waals surface area contributed by atoms with Crippen molar-refractivity contribution in [2.24, 2.45) is 0 Å². The van der Waals surface area contributed by atoms with E-state index in [9.17, 15) is 5.11 Å². The Bertz CT molecular complexity index is 1180. The molecule has 0 saturated heterocycles. The monoisotopic (exact) mass is 402 g/mol. The number of hydrogen-bond acceptors (Lipinski definition) is 6. The summed E-state index contributed by atoms with van der Waals surface area (Å²) in [6.07, 6.45) is 0.752. The van der Waals surface area contributed by atoms with Gasteiger partial charge in [0.2, 0.25) is 0 Å². The third kappa shape index (κ3) is 3.77. The van der Waals surface area contributed by atoms with Crippen LogP contribution in [0.15, 0.2) is 66.9 Å². The van der Waals surface area contributed by atoms with Gasteiger partial charge in [-0.2, -0.15) is 0 Å². The van der Waals surface area contributed by atoms with Crippen molar-refractivity contribution >= 4 is 10.9 Å². The first-order valence-electron chi connectivity index (χ1n) is 9.50. The van der Waals surface area contributed by atoms with Crippen LogP contribution in [0.2, 0.25) is 0 Å². The van der Waals surface area contributed by atoms with Crippen molar-refractivity contribution < 1.29 is 19.3 Å². The van der Waals surface area contributed by atoms with Crippen LogP contribution in [-0.2, 0) is 0 Å². The van der Waals surface area contributed by atoms with Gasteiger partial charge in [-0.1, -0.05) is 30.3 Å². The van der Waals surface area contributed by atoms with E-state index in [1.54, 1.807) is 32.5 Å². The molecule has 0 aliphatic rings.